The van der Waals surface area contributed by atoms with Gasteiger partial charge in [0, 0.05) is 28.2 Å². The van der Waals surface area contributed by atoms with Crippen molar-refractivity contribution >= 4 is 39.9 Å². The van der Waals surface area contributed by atoms with Crippen LogP contribution in [0.5, 0.6) is 28.7 Å². The van der Waals surface area contributed by atoms with Crippen LogP contribution in [0.25, 0.3) is 11.0 Å². The van der Waals surface area contributed by atoms with Crippen molar-refractivity contribution in [3.63, 3.8) is 0 Å². The van der Waals surface area contributed by atoms with Crippen molar-refractivity contribution in [2.75, 3.05) is 25.4 Å². The minimum atomic E-state index is -1.11. The molecule has 1 amide bonds. The molecule has 3 heterocycles. The summed E-state index contributed by atoms with van der Waals surface area (Å²) in [5.74, 6) is -1.15. The summed E-state index contributed by atoms with van der Waals surface area (Å²) in [7, 11) is 1.44. The Balaban J connectivity index is 1.51. The molecule has 0 bridgehead atoms. The smallest absolute Gasteiger partial charge is 0.294 e. The molecule has 0 radical (unpaired) electrons. The topological polar surface area (TPSA) is 128 Å². The summed E-state index contributed by atoms with van der Waals surface area (Å²) >= 11 is 6.19. The molecule has 1 atom stereocenters. The predicted octanol–water partition coefficient (Wildman–Crippen LogP) is 5.71. The Morgan fingerprint density at radius 3 is 2.62 bits per heavy atom. The highest BCUT2D eigenvalue weighted by atomic mass is 35.5. The van der Waals surface area contributed by atoms with Crippen LogP contribution in [0.1, 0.15) is 29.1 Å². The summed E-state index contributed by atoms with van der Waals surface area (Å²) in [6.07, 6.45) is 0. The second-order valence-electron chi connectivity index (χ2n) is 9.00. The van der Waals surface area contributed by atoms with E-state index in [2.05, 4.69) is 0 Å². The number of aromatic hydroxyl groups is 1. The van der Waals surface area contributed by atoms with Gasteiger partial charge in [-0.15, -0.1) is 0 Å². The maximum absolute atomic E-state index is 14.0. The number of amides is 1. The number of ether oxygens (including phenoxy) is 4. The van der Waals surface area contributed by atoms with Crippen molar-refractivity contribution in [3.05, 3.63) is 82.3 Å². The average molecular weight is 564 g/mol. The number of hydrogen-bond acceptors (Lipinski definition) is 9. The first-order valence-corrected chi connectivity index (χ1v) is 12.6. The van der Waals surface area contributed by atoms with Gasteiger partial charge in [0.25, 0.3) is 5.91 Å². The number of hydrogen-bond donors (Lipinski definition) is 2. The van der Waals surface area contributed by atoms with Gasteiger partial charge in [0.05, 0.1) is 25.3 Å². The molecule has 6 rings (SSSR count). The molecule has 0 aliphatic carbocycles. The van der Waals surface area contributed by atoms with Crippen LogP contribution in [-0.2, 0) is 4.79 Å². The van der Waals surface area contributed by atoms with Crippen molar-refractivity contribution in [2.24, 2.45) is 0 Å². The lowest BCUT2D eigenvalue weighted by Gasteiger charge is -2.27. The third-order valence-corrected chi connectivity index (χ3v) is 6.90. The lowest BCUT2D eigenvalue weighted by atomic mass is 9.94. The van der Waals surface area contributed by atoms with Crippen molar-refractivity contribution < 1.29 is 43.2 Å². The normalized spacial score (nSPS) is 16.2. The number of benzene rings is 3. The SMILES string of the molecule is CCOc1cc(C2C(C(=O)c3cc4cc(Cl)cc(OC)c4o3)=C(O)C(=O)N2c2ccc3c(c2)OCO3)ccc1O. The number of phenols is 1. The van der Waals surface area contributed by atoms with Crippen molar-refractivity contribution in [1.29, 1.82) is 0 Å². The molecule has 1 aromatic heterocycles. The van der Waals surface area contributed by atoms with Crippen LogP contribution in [0.15, 0.2) is 70.3 Å². The lowest BCUT2D eigenvalue weighted by Crippen LogP contribution is -2.31. The number of halogens is 1. The summed E-state index contributed by atoms with van der Waals surface area (Å²) in [6.45, 7) is 2.05. The van der Waals surface area contributed by atoms with Gasteiger partial charge in [-0.25, -0.2) is 0 Å². The van der Waals surface area contributed by atoms with Crippen LogP contribution in [0, 0.1) is 0 Å². The van der Waals surface area contributed by atoms with E-state index in [0.717, 1.165) is 0 Å². The molecule has 0 saturated carbocycles. The molecule has 0 saturated heterocycles. The molecule has 0 spiro atoms. The van der Waals surface area contributed by atoms with Crippen LogP contribution in [-0.4, -0.2) is 42.4 Å². The molecule has 2 aliphatic rings. The summed E-state index contributed by atoms with van der Waals surface area (Å²) < 4.78 is 27.6. The maximum Gasteiger partial charge on any atom is 0.294 e. The molecule has 40 heavy (non-hydrogen) atoms. The molecular formula is C29H22ClNO9. The monoisotopic (exact) mass is 563 g/mol. The van der Waals surface area contributed by atoms with Gasteiger partial charge < -0.3 is 33.6 Å². The van der Waals surface area contributed by atoms with E-state index >= 15 is 0 Å². The molecule has 2 aliphatic heterocycles. The summed E-state index contributed by atoms with van der Waals surface area (Å²) in [4.78, 5) is 28.8. The fourth-order valence-corrected chi connectivity index (χ4v) is 5.12. The summed E-state index contributed by atoms with van der Waals surface area (Å²) in [5, 5.41) is 22.3. The molecule has 0 fully saturated rings. The molecule has 4 aromatic rings. The Hall–Kier alpha value is -4.83. The highest BCUT2D eigenvalue weighted by Gasteiger charge is 2.46. The molecular weight excluding hydrogens is 542 g/mol. The number of aliphatic hydroxyl groups excluding tert-OH is 1. The molecule has 3 aromatic carbocycles. The second-order valence-corrected chi connectivity index (χ2v) is 9.44. The van der Waals surface area contributed by atoms with E-state index in [1.165, 1.54) is 30.2 Å². The number of aliphatic hydroxyl groups is 1. The first-order chi connectivity index (χ1) is 19.3. The highest BCUT2D eigenvalue weighted by molar-refractivity contribution is 6.31. The molecule has 11 heteroatoms. The third-order valence-electron chi connectivity index (χ3n) is 6.68. The number of furan rings is 1. The zero-order valence-corrected chi connectivity index (χ0v) is 22.0. The highest BCUT2D eigenvalue weighted by Crippen LogP contribution is 2.46. The van der Waals surface area contributed by atoms with Gasteiger partial charge in [-0.3, -0.25) is 14.5 Å². The van der Waals surface area contributed by atoms with Crippen LogP contribution >= 0.6 is 11.6 Å². The fourth-order valence-electron chi connectivity index (χ4n) is 4.91. The number of carbonyl (C=O) groups excluding carboxylic acids is 2. The molecule has 1 unspecified atom stereocenters. The number of fused-ring (bicyclic) bond motifs is 2. The first-order valence-electron chi connectivity index (χ1n) is 12.2. The van der Waals surface area contributed by atoms with Crippen LogP contribution in [0.3, 0.4) is 0 Å². The predicted molar refractivity (Wildman–Crippen MR) is 144 cm³/mol. The number of nitrogens with zero attached hydrogens (tertiary/aromatic N) is 1. The van der Waals surface area contributed by atoms with E-state index in [1.54, 1.807) is 43.3 Å². The Bertz CT molecular complexity index is 1720. The van der Waals surface area contributed by atoms with Gasteiger partial charge in [-0.2, -0.15) is 0 Å². The summed E-state index contributed by atoms with van der Waals surface area (Å²) in [5.41, 5.74) is 0.807. The fraction of sp³-hybridized carbons (Fsp3) is 0.172. The second kappa shape index (κ2) is 9.73. The minimum Gasteiger partial charge on any atom is -0.504 e. The number of Topliss-reactive ketones (excluding diaryl/α,β-unsaturated/α-hetero) is 1. The van der Waals surface area contributed by atoms with Crippen molar-refractivity contribution in [1.82, 2.24) is 0 Å². The minimum absolute atomic E-state index is 0.0264. The van der Waals surface area contributed by atoms with Gasteiger partial charge in [-0.05, 0) is 48.9 Å². The Kier molecular flexibility index (Phi) is 6.19. The van der Waals surface area contributed by atoms with Crippen LogP contribution in [0.2, 0.25) is 5.02 Å². The van der Waals surface area contributed by atoms with Crippen molar-refractivity contribution in [3.8, 4) is 28.7 Å². The van der Waals surface area contributed by atoms with E-state index in [1.807, 2.05) is 0 Å². The first kappa shape index (κ1) is 25.4. The van der Waals surface area contributed by atoms with E-state index < -0.39 is 23.5 Å². The molecule has 10 nitrogen and oxygen atoms in total. The van der Waals surface area contributed by atoms with E-state index in [0.29, 0.717) is 38.9 Å². The number of ketones is 1. The van der Waals surface area contributed by atoms with Gasteiger partial charge in [-0.1, -0.05) is 17.7 Å². The van der Waals surface area contributed by atoms with Gasteiger partial charge >= 0.3 is 0 Å². The summed E-state index contributed by atoms with van der Waals surface area (Å²) in [6, 6.07) is 12.8. The van der Waals surface area contributed by atoms with Gasteiger partial charge in [0.2, 0.25) is 12.6 Å². The number of phenolic OH excluding ortho intramolecular Hbond substituents is 1. The number of anilines is 1. The largest absolute Gasteiger partial charge is 0.504 e. The Labute approximate surface area is 232 Å². The molecule has 2 N–H and O–H groups in total. The quantitative estimate of drug-likeness (QED) is 0.272. The standard InChI is InChI=1S/C29H22ClNO9/c1-3-37-20-9-14(4-6-18(20)32)25-24(26(33)22-10-15-8-16(30)11-23(36-2)28(15)40-22)27(34)29(35)31(25)17-5-7-19-21(12-17)39-13-38-19/h4-12,25,32,34H,3,13H2,1-2H3. The maximum atomic E-state index is 14.0. The number of rotatable bonds is 7. The van der Waals surface area contributed by atoms with E-state index in [4.69, 9.17) is 35.0 Å². The van der Waals surface area contributed by atoms with E-state index in [9.17, 15) is 19.8 Å². The van der Waals surface area contributed by atoms with E-state index in [-0.39, 0.29) is 41.8 Å². The third kappa shape index (κ3) is 4.04. The zero-order chi connectivity index (χ0) is 28.1. The van der Waals surface area contributed by atoms with Gasteiger partial charge in [0.15, 0.2) is 45.8 Å². The Morgan fingerprint density at radius 1 is 1.05 bits per heavy atom. The average Bonchev–Trinajstić information content (AvgIpc) is 3.65. The lowest BCUT2D eigenvalue weighted by molar-refractivity contribution is -0.117. The molecule has 204 valence electrons. The zero-order valence-electron chi connectivity index (χ0n) is 21.3. The van der Waals surface area contributed by atoms with Gasteiger partial charge in [0.1, 0.15) is 0 Å². The Morgan fingerprint density at radius 2 is 1.85 bits per heavy atom. The number of carbonyl (C=O) groups is 2. The van der Waals surface area contributed by atoms with Crippen LogP contribution in [0.4, 0.5) is 5.69 Å². The van der Waals surface area contributed by atoms with Crippen LogP contribution < -0.4 is 23.8 Å². The number of methoxy groups -OCH3 is 1. The van der Waals surface area contributed by atoms with Crippen molar-refractivity contribution in [2.45, 2.75) is 13.0 Å².